The van der Waals surface area contributed by atoms with E-state index in [9.17, 15) is 19.2 Å². The third-order valence-corrected chi connectivity index (χ3v) is 3.68. The number of hydrogen-bond acceptors (Lipinski definition) is 4. The van der Waals surface area contributed by atoms with Crippen molar-refractivity contribution < 1.29 is 19.2 Å². The Hall–Kier alpha value is -2.41. The van der Waals surface area contributed by atoms with E-state index in [4.69, 9.17) is 11.6 Å². The zero-order valence-corrected chi connectivity index (χ0v) is 14.4. The Morgan fingerprint density at radius 3 is 2.38 bits per heavy atom. The summed E-state index contributed by atoms with van der Waals surface area (Å²) in [6.45, 7) is 5.03. The molecule has 128 valence electrons. The van der Waals surface area contributed by atoms with E-state index < -0.39 is 30.3 Å². The predicted octanol–water partition coefficient (Wildman–Crippen LogP) is 2.03. The van der Waals surface area contributed by atoms with Crippen LogP contribution in [-0.2, 0) is 14.4 Å². The first kappa shape index (κ1) is 17.9. The highest BCUT2D eigenvalue weighted by Gasteiger charge is 2.45. The number of urea groups is 1. The number of nitrogens with one attached hydrogen (secondary N) is 1. The molecule has 0 radical (unpaired) electrons. The van der Waals surface area contributed by atoms with Gasteiger partial charge in [0.2, 0.25) is 5.91 Å². The number of benzene rings is 1. The minimum Gasteiger partial charge on any atom is -0.324 e. The molecule has 1 aromatic carbocycles. The van der Waals surface area contributed by atoms with Crippen LogP contribution in [0.15, 0.2) is 18.2 Å². The van der Waals surface area contributed by atoms with Crippen molar-refractivity contribution >= 4 is 41.0 Å². The Labute approximate surface area is 144 Å². The molecule has 0 atom stereocenters. The van der Waals surface area contributed by atoms with Crippen molar-refractivity contribution in [1.82, 2.24) is 9.80 Å². The topological polar surface area (TPSA) is 86.8 Å². The summed E-state index contributed by atoms with van der Waals surface area (Å²) in [7, 11) is 0. The van der Waals surface area contributed by atoms with E-state index in [0.29, 0.717) is 15.6 Å². The van der Waals surface area contributed by atoms with Gasteiger partial charge in [0.25, 0.3) is 0 Å². The third kappa shape index (κ3) is 3.73. The van der Waals surface area contributed by atoms with Gasteiger partial charge in [-0.2, -0.15) is 0 Å². The third-order valence-electron chi connectivity index (χ3n) is 3.45. The second kappa shape index (κ2) is 7.00. The molecular weight excluding hydrogens is 334 g/mol. The Bertz CT molecular complexity index is 717. The molecule has 8 heteroatoms. The Balaban J connectivity index is 2.07. The maximum absolute atomic E-state index is 12.2. The van der Waals surface area contributed by atoms with Gasteiger partial charge in [0.1, 0.15) is 6.54 Å². The molecule has 0 aromatic heterocycles. The lowest BCUT2D eigenvalue weighted by Gasteiger charge is -2.17. The van der Waals surface area contributed by atoms with Crippen LogP contribution in [0.25, 0.3) is 0 Å². The molecule has 1 aliphatic heterocycles. The number of nitrogens with zero attached hydrogens (tertiary/aromatic N) is 2. The first-order chi connectivity index (χ1) is 11.2. The Morgan fingerprint density at radius 1 is 1.17 bits per heavy atom. The van der Waals surface area contributed by atoms with Gasteiger partial charge in [-0.05, 0) is 36.6 Å². The quantitative estimate of drug-likeness (QED) is 0.649. The van der Waals surface area contributed by atoms with Crippen LogP contribution in [0, 0.1) is 12.8 Å². The fraction of sp³-hybridized carbons (Fsp3) is 0.375. The minimum absolute atomic E-state index is 0.0243. The van der Waals surface area contributed by atoms with Gasteiger partial charge in [-0.15, -0.1) is 0 Å². The lowest BCUT2D eigenvalue weighted by Crippen LogP contribution is -2.39. The first-order valence-corrected chi connectivity index (χ1v) is 7.81. The number of anilines is 1. The van der Waals surface area contributed by atoms with Crippen LogP contribution >= 0.6 is 11.6 Å². The normalized spacial score (nSPS) is 14.8. The van der Waals surface area contributed by atoms with Crippen LogP contribution in [0.5, 0.6) is 0 Å². The van der Waals surface area contributed by atoms with Crippen molar-refractivity contribution in [1.29, 1.82) is 0 Å². The molecule has 0 saturated carbocycles. The van der Waals surface area contributed by atoms with Gasteiger partial charge in [0.15, 0.2) is 0 Å². The molecule has 1 aromatic rings. The number of hydrogen-bond donors (Lipinski definition) is 1. The summed E-state index contributed by atoms with van der Waals surface area (Å²) in [6.07, 6.45) is 0. The number of amides is 5. The van der Waals surface area contributed by atoms with Crippen LogP contribution < -0.4 is 5.32 Å². The average Bonchev–Trinajstić information content (AvgIpc) is 2.67. The number of rotatable bonds is 5. The molecule has 1 aliphatic rings. The highest BCUT2D eigenvalue weighted by atomic mass is 35.5. The molecule has 7 nitrogen and oxygen atoms in total. The summed E-state index contributed by atoms with van der Waals surface area (Å²) >= 11 is 5.85. The van der Waals surface area contributed by atoms with Gasteiger partial charge in [-0.25, -0.2) is 9.69 Å². The van der Waals surface area contributed by atoms with Crippen molar-refractivity contribution in [3.05, 3.63) is 28.8 Å². The van der Waals surface area contributed by atoms with Crippen molar-refractivity contribution in [2.75, 3.05) is 18.4 Å². The van der Waals surface area contributed by atoms with Crippen LogP contribution in [-0.4, -0.2) is 46.6 Å². The zero-order valence-electron chi connectivity index (χ0n) is 13.6. The second-order valence-electron chi connectivity index (χ2n) is 5.99. The molecule has 0 bridgehead atoms. The highest BCUT2D eigenvalue weighted by Crippen LogP contribution is 2.20. The van der Waals surface area contributed by atoms with Gasteiger partial charge in [0.05, 0.1) is 0 Å². The summed E-state index contributed by atoms with van der Waals surface area (Å²) in [5.41, 5.74) is 1.27. The molecule has 0 aliphatic carbocycles. The van der Waals surface area contributed by atoms with E-state index in [1.54, 1.807) is 25.1 Å². The van der Waals surface area contributed by atoms with Gasteiger partial charge in [-0.3, -0.25) is 19.3 Å². The van der Waals surface area contributed by atoms with Crippen molar-refractivity contribution in [2.24, 2.45) is 5.92 Å². The number of aryl methyl sites for hydroxylation is 1. The molecule has 2 rings (SSSR count). The summed E-state index contributed by atoms with van der Waals surface area (Å²) in [5.74, 6) is -2.43. The van der Waals surface area contributed by atoms with E-state index in [2.05, 4.69) is 5.32 Å². The number of carbonyl (C=O) groups is 4. The SMILES string of the molecule is Cc1cc(Cl)ccc1NC(=O)CN1C(=O)C(=O)N(CC(C)C)C1=O. The molecule has 1 heterocycles. The van der Waals surface area contributed by atoms with E-state index in [1.165, 1.54) is 0 Å². The molecule has 5 amide bonds. The van der Waals surface area contributed by atoms with E-state index in [1.807, 2.05) is 13.8 Å². The van der Waals surface area contributed by atoms with E-state index in [0.717, 1.165) is 10.5 Å². The van der Waals surface area contributed by atoms with Crippen LogP contribution in [0.4, 0.5) is 10.5 Å². The molecule has 1 N–H and O–H groups in total. The second-order valence-corrected chi connectivity index (χ2v) is 6.43. The van der Waals surface area contributed by atoms with Crippen molar-refractivity contribution in [3.63, 3.8) is 0 Å². The Morgan fingerprint density at radius 2 is 1.79 bits per heavy atom. The molecular formula is C16H18ClN3O4. The zero-order chi connectivity index (χ0) is 18.0. The summed E-state index contributed by atoms with van der Waals surface area (Å²) in [4.78, 5) is 49.6. The predicted molar refractivity (Wildman–Crippen MR) is 88.5 cm³/mol. The number of imide groups is 2. The lowest BCUT2D eigenvalue weighted by atomic mass is 10.2. The molecule has 0 unspecified atom stereocenters. The van der Waals surface area contributed by atoms with Gasteiger partial charge in [0, 0.05) is 17.3 Å². The fourth-order valence-corrected chi connectivity index (χ4v) is 2.54. The van der Waals surface area contributed by atoms with Gasteiger partial charge < -0.3 is 5.32 Å². The number of carbonyl (C=O) groups excluding carboxylic acids is 4. The molecule has 1 saturated heterocycles. The maximum atomic E-state index is 12.2. The van der Waals surface area contributed by atoms with Crippen LogP contribution in [0.1, 0.15) is 19.4 Å². The average molecular weight is 352 g/mol. The van der Waals surface area contributed by atoms with Crippen molar-refractivity contribution in [3.8, 4) is 0 Å². The molecule has 24 heavy (non-hydrogen) atoms. The molecule has 0 spiro atoms. The fourth-order valence-electron chi connectivity index (χ4n) is 2.32. The highest BCUT2D eigenvalue weighted by molar-refractivity contribution is 6.45. The van der Waals surface area contributed by atoms with Gasteiger partial charge >= 0.3 is 17.8 Å². The van der Waals surface area contributed by atoms with Crippen molar-refractivity contribution in [2.45, 2.75) is 20.8 Å². The largest absolute Gasteiger partial charge is 0.334 e. The van der Waals surface area contributed by atoms with Crippen LogP contribution in [0.2, 0.25) is 5.02 Å². The van der Waals surface area contributed by atoms with Crippen LogP contribution in [0.3, 0.4) is 0 Å². The Kier molecular flexibility index (Phi) is 5.23. The summed E-state index contributed by atoms with van der Waals surface area (Å²) in [5, 5.41) is 3.14. The van der Waals surface area contributed by atoms with Gasteiger partial charge in [-0.1, -0.05) is 25.4 Å². The van der Waals surface area contributed by atoms with E-state index >= 15 is 0 Å². The maximum Gasteiger partial charge on any atom is 0.334 e. The first-order valence-electron chi connectivity index (χ1n) is 7.44. The molecule has 1 fully saturated rings. The minimum atomic E-state index is -0.983. The lowest BCUT2D eigenvalue weighted by molar-refractivity contribution is -0.143. The monoisotopic (exact) mass is 351 g/mol. The van der Waals surface area contributed by atoms with E-state index in [-0.39, 0.29) is 12.5 Å². The number of halogens is 1. The summed E-state index contributed by atoms with van der Waals surface area (Å²) < 4.78 is 0. The summed E-state index contributed by atoms with van der Waals surface area (Å²) in [6, 6.07) is 4.16. The smallest absolute Gasteiger partial charge is 0.324 e. The standard InChI is InChI=1S/C16H18ClN3O4/c1-9(2)7-19-14(22)15(23)20(16(19)24)8-13(21)18-12-5-4-11(17)6-10(12)3/h4-6,9H,7-8H2,1-3H3,(H,18,21).